The maximum atomic E-state index is 13.0. The second kappa shape index (κ2) is 6.04. The van der Waals surface area contributed by atoms with Crippen LogP contribution in [0, 0.1) is 5.92 Å². The third-order valence-corrected chi connectivity index (χ3v) is 5.45. The zero-order chi connectivity index (χ0) is 13.2. The van der Waals surface area contributed by atoms with Crippen LogP contribution in [0.2, 0.25) is 0 Å². The van der Waals surface area contributed by atoms with Crippen molar-refractivity contribution < 1.29 is 13.2 Å². The van der Waals surface area contributed by atoms with Gasteiger partial charge in [0.2, 0.25) is 0 Å². The predicted molar refractivity (Wildman–Crippen MR) is 69.9 cm³/mol. The predicted octanol–water partition coefficient (Wildman–Crippen LogP) is 3.98. The molecule has 2 rings (SSSR count). The molecule has 0 heterocycles. The van der Waals surface area contributed by atoms with Gasteiger partial charge in [0.1, 0.15) is 0 Å². The molecule has 2 aliphatic carbocycles. The molecule has 0 aromatic heterocycles. The third-order valence-electron chi connectivity index (χ3n) is 4.35. The van der Waals surface area contributed by atoms with Gasteiger partial charge >= 0.3 is 6.18 Å². The normalized spacial score (nSPS) is 38.0. The summed E-state index contributed by atoms with van der Waals surface area (Å²) in [6, 6.07) is -0.0419. The molecule has 4 unspecified atom stereocenters. The molecule has 2 saturated carbocycles. The zero-order valence-corrected chi connectivity index (χ0v) is 11.6. The van der Waals surface area contributed by atoms with Gasteiger partial charge in [-0.1, -0.05) is 12.8 Å². The number of hydrogen-bond acceptors (Lipinski definition) is 2. The number of alkyl halides is 3. The molecule has 5 heteroatoms. The minimum absolute atomic E-state index is 0.301. The largest absolute Gasteiger partial charge is 0.393 e. The highest BCUT2D eigenvalue weighted by Gasteiger charge is 2.46. The molecule has 0 aromatic rings. The molecule has 0 bridgehead atoms. The summed E-state index contributed by atoms with van der Waals surface area (Å²) in [5, 5.41) is 3.94. The van der Waals surface area contributed by atoms with Crippen LogP contribution in [0.25, 0.3) is 0 Å². The van der Waals surface area contributed by atoms with Crippen LogP contribution in [-0.2, 0) is 0 Å². The van der Waals surface area contributed by atoms with Crippen LogP contribution in [0.15, 0.2) is 0 Å². The Morgan fingerprint density at radius 2 is 1.78 bits per heavy atom. The lowest BCUT2D eigenvalue weighted by molar-refractivity contribution is -0.189. The van der Waals surface area contributed by atoms with Crippen molar-refractivity contribution in [3.8, 4) is 0 Å². The van der Waals surface area contributed by atoms with E-state index in [-0.39, 0.29) is 6.04 Å². The molecule has 1 nitrogen and oxygen atoms in total. The molecular formula is C13H22F3NS. The Morgan fingerprint density at radius 3 is 2.39 bits per heavy atom. The molecule has 0 amide bonds. The fraction of sp³-hybridized carbons (Fsp3) is 1.00. The Labute approximate surface area is 111 Å². The van der Waals surface area contributed by atoms with Gasteiger partial charge in [-0.05, 0) is 38.4 Å². The fourth-order valence-corrected chi connectivity index (χ4v) is 4.13. The molecule has 1 N–H and O–H groups in total. The maximum Gasteiger partial charge on any atom is 0.393 e. The first-order valence-corrected chi connectivity index (χ1v) is 8.15. The van der Waals surface area contributed by atoms with Crippen molar-refractivity contribution in [1.82, 2.24) is 5.32 Å². The van der Waals surface area contributed by atoms with Crippen molar-refractivity contribution >= 4 is 11.8 Å². The molecule has 0 radical (unpaired) electrons. The van der Waals surface area contributed by atoms with E-state index in [4.69, 9.17) is 0 Å². The maximum absolute atomic E-state index is 13.0. The summed E-state index contributed by atoms with van der Waals surface area (Å²) in [6.07, 6.45) is 3.91. The second-order valence-electron chi connectivity index (χ2n) is 5.57. The van der Waals surface area contributed by atoms with Gasteiger partial charge < -0.3 is 5.32 Å². The minimum atomic E-state index is -4.03. The quantitative estimate of drug-likeness (QED) is 0.839. The van der Waals surface area contributed by atoms with Crippen molar-refractivity contribution in [2.75, 3.05) is 6.26 Å². The smallest absolute Gasteiger partial charge is 0.311 e. The van der Waals surface area contributed by atoms with Gasteiger partial charge in [-0.2, -0.15) is 24.9 Å². The van der Waals surface area contributed by atoms with E-state index in [1.807, 2.05) is 11.8 Å². The van der Waals surface area contributed by atoms with Gasteiger partial charge in [0.25, 0.3) is 0 Å². The van der Waals surface area contributed by atoms with E-state index in [1.165, 1.54) is 0 Å². The van der Waals surface area contributed by atoms with E-state index in [1.54, 1.807) is 0 Å². The second-order valence-corrected chi connectivity index (χ2v) is 6.71. The van der Waals surface area contributed by atoms with E-state index >= 15 is 0 Å². The van der Waals surface area contributed by atoms with Crippen LogP contribution in [-0.4, -0.2) is 29.8 Å². The first-order valence-electron chi connectivity index (χ1n) is 6.86. The molecule has 106 valence electrons. The van der Waals surface area contributed by atoms with Gasteiger partial charge in [0, 0.05) is 17.3 Å². The Balaban J connectivity index is 1.90. The first kappa shape index (κ1) is 14.5. The molecule has 0 spiro atoms. The van der Waals surface area contributed by atoms with Crippen LogP contribution >= 0.6 is 11.8 Å². The summed E-state index contributed by atoms with van der Waals surface area (Å²) >= 11 is 1.84. The molecule has 4 atom stereocenters. The minimum Gasteiger partial charge on any atom is -0.311 e. The highest BCUT2D eigenvalue weighted by molar-refractivity contribution is 7.99. The Bertz CT molecular complexity index is 269. The van der Waals surface area contributed by atoms with E-state index in [9.17, 15) is 13.2 Å². The van der Waals surface area contributed by atoms with Gasteiger partial charge in [-0.3, -0.25) is 0 Å². The van der Waals surface area contributed by atoms with E-state index < -0.39 is 12.1 Å². The third kappa shape index (κ3) is 3.56. The van der Waals surface area contributed by atoms with Crippen molar-refractivity contribution in [2.45, 2.75) is 68.5 Å². The SMILES string of the molecule is CSC1CCC(NC2CCCCC2C(F)(F)F)C1. The fourth-order valence-electron chi connectivity index (χ4n) is 3.33. The Morgan fingerprint density at radius 1 is 1.06 bits per heavy atom. The molecule has 0 saturated heterocycles. The lowest BCUT2D eigenvalue weighted by Crippen LogP contribution is -2.48. The van der Waals surface area contributed by atoms with Gasteiger partial charge in [-0.15, -0.1) is 0 Å². The average molecular weight is 281 g/mol. The highest BCUT2D eigenvalue weighted by Crippen LogP contribution is 2.39. The summed E-state index contributed by atoms with van der Waals surface area (Å²) in [5.41, 5.74) is 0. The lowest BCUT2D eigenvalue weighted by Gasteiger charge is -2.35. The number of nitrogens with one attached hydrogen (secondary N) is 1. The van der Waals surface area contributed by atoms with E-state index in [0.717, 1.165) is 32.1 Å². The van der Waals surface area contributed by atoms with Crippen LogP contribution < -0.4 is 5.32 Å². The van der Waals surface area contributed by atoms with Crippen molar-refractivity contribution in [2.24, 2.45) is 5.92 Å². The highest BCUT2D eigenvalue weighted by atomic mass is 32.2. The summed E-state index contributed by atoms with van der Waals surface area (Å²) in [4.78, 5) is 0. The molecular weight excluding hydrogens is 259 g/mol. The van der Waals surface area contributed by atoms with Crippen molar-refractivity contribution in [1.29, 1.82) is 0 Å². The first-order chi connectivity index (χ1) is 8.50. The molecule has 0 aromatic carbocycles. The van der Waals surface area contributed by atoms with E-state index in [0.29, 0.717) is 24.1 Å². The summed E-state index contributed by atoms with van der Waals surface area (Å²) in [6.45, 7) is 0. The van der Waals surface area contributed by atoms with Gasteiger partial charge in [0.15, 0.2) is 0 Å². The van der Waals surface area contributed by atoms with Crippen LogP contribution in [0.1, 0.15) is 44.9 Å². The molecule has 18 heavy (non-hydrogen) atoms. The van der Waals surface area contributed by atoms with Crippen LogP contribution in [0.3, 0.4) is 0 Å². The molecule has 0 aliphatic heterocycles. The van der Waals surface area contributed by atoms with Crippen molar-refractivity contribution in [3.63, 3.8) is 0 Å². The van der Waals surface area contributed by atoms with Gasteiger partial charge in [0.05, 0.1) is 5.92 Å². The lowest BCUT2D eigenvalue weighted by atomic mass is 9.83. The zero-order valence-electron chi connectivity index (χ0n) is 10.8. The average Bonchev–Trinajstić information content (AvgIpc) is 2.76. The standard InChI is InChI=1S/C13H22F3NS/c1-18-10-7-6-9(8-10)17-12-5-3-2-4-11(12)13(14,15)16/h9-12,17H,2-8H2,1H3. The van der Waals surface area contributed by atoms with E-state index in [2.05, 4.69) is 11.6 Å². The topological polar surface area (TPSA) is 12.0 Å². The molecule has 2 fully saturated rings. The molecule has 2 aliphatic rings. The monoisotopic (exact) mass is 281 g/mol. The summed E-state index contributed by atoms with van der Waals surface area (Å²) < 4.78 is 38.9. The number of hydrogen-bond donors (Lipinski definition) is 1. The van der Waals surface area contributed by atoms with Crippen molar-refractivity contribution in [3.05, 3.63) is 0 Å². The summed E-state index contributed by atoms with van der Waals surface area (Å²) in [7, 11) is 0. The van der Waals surface area contributed by atoms with Crippen LogP contribution in [0.4, 0.5) is 13.2 Å². The number of thioether (sulfide) groups is 1. The van der Waals surface area contributed by atoms with Gasteiger partial charge in [-0.25, -0.2) is 0 Å². The van der Waals surface area contributed by atoms with Crippen LogP contribution in [0.5, 0.6) is 0 Å². The summed E-state index contributed by atoms with van der Waals surface area (Å²) in [5.74, 6) is -1.13. The Hall–Kier alpha value is 0.100. The number of halogens is 3. The number of rotatable bonds is 3. The Kier molecular flexibility index (Phi) is 4.86.